The molecule has 0 amide bonds. The van der Waals surface area contributed by atoms with Crippen molar-refractivity contribution in [1.82, 2.24) is 4.57 Å². The Morgan fingerprint density at radius 1 is 1.14 bits per heavy atom. The van der Waals surface area contributed by atoms with E-state index in [0.29, 0.717) is 6.54 Å². The molecule has 0 unspecified atom stereocenters. The first-order valence-corrected chi connectivity index (χ1v) is 6.54. The largest absolute Gasteiger partial charge is 0.496 e. The lowest BCUT2D eigenvalue weighted by atomic mass is 10.2. The van der Waals surface area contributed by atoms with Gasteiger partial charge in [0.25, 0.3) is 5.69 Å². The Hall–Kier alpha value is -2.82. The fourth-order valence-electron chi connectivity index (χ4n) is 2.43. The minimum absolute atomic E-state index is 0.109. The van der Waals surface area contributed by atoms with Gasteiger partial charge in [-0.3, -0.25) is 10.1 Å². The molecular formula is C16H14N2O3. The number of methoxy groups -OCH3 is 1. The molecule has 3 rings (SSSR count). The van der Waals surface area contributed by atoms with E-state index in [0.717, 1.165) is 22.2 Å². The molecular weight excluding hydrogens is 268 g/mol. The van der Waals surface area contributed by atoms with Crippen molar-refractivity contribution in [3.8, 4) is 5.75 Å². The summed E-state index contributed by atoms with van der Waals surface area (Å²) >= 11 is 0. The highest BCUT2D eigenvalue weighted by Gasteiger charge is 2.08. The summed E-state index contributed by atoms with van der Waals surface area (Å²) in [6, 6.07) is 14.5. The highest BCUT2D eigenvalue weighted by Crippen LogP contribution is 2.26. The predicted molar refractivity (Wildman–Crippen MR) is 80.7 cm³/mol. The zero-order valence-corrected chi connectivity index (χ0v) is 11.5. The number of non-ortho nitro benzene ring substituents is 1. The van der Waals surface area contributed by atoms with Gasteiger partial charge in [-0.25, -0.2) is 0 Å². The number of hydrogen-bond donors (Lipinski definition) is 0. The van der Waals surface area contributed by atoms with E-state index in [9.17, 15) is 10.1 Å². The number of nitro groups is 1. The second kappa shape index (κ2) is 5.28. The molecule has 0 aliphatic carbocycles. The van der Waals surface area contributed by atoms with Crippen LogP contribution in [0.15, 0.2) is 54.7 Å². The molecule has 2 aromatic carbocycles. The SMILES string of the molecule is COc1cccc2c1ccn2Cc1ccc([N+](=O)[O-])cc1. The molecule has 106 valence electrons. The number of hydrogen-bond acceptors (Lipinski definition) is 3. The fourth-order valence-corrected chi connectivity index (χ4v) is 2.43. The van der Waals surface area contributed by atoms with Crippen molar-refractivity contribution < 1.29 is 9.66 Å². The highest BCUT2D eigenvalue weighted by molar-refractivity contribution is 5.86. The Morgan fingerprint density at radius 2 is 1.90 bits per heavy atom. The zero-order chi connectivity index (χ0) is 14.8. The molecule has 0 spiro atoms. The summed E-state index contributed by atoms with van der Waals surface area (Å²) in [6.07, 6.45) is 1.99. The van der Waals surface area contributed by atoms with Crippen LogP contribution in [0.1, 0.15) is 5.56 Å². The molecule has 5 heteroatoms. The summed E-state index contributed by atoms with van der Waals surface area (Å²) in [5, 5.41) is 11.7. The van der Waals surface area contributed by atoms with Crippen molar-refractivity contribution in [3.63, 3.8) is 0 Å². The fraction of sp³-hybridized carbons (Fsp3) is 0.125. The number of aromatic nitrogens is 1. The van der Waals surface area contributed by atoms with Crippen molar-refractivity contribution in [3.05, 3.63) is 70.4 Å². The summed E-state index contributed by atoms with van der Waals surface area (Å²) in [4.78, 5) is 10.3. The van der Waals surface area contributed by atoms with Gasteiger partial charge in [-0.15, -0.1) is 0 Å². The van der Waals surface area contributed by atoms with E-state index in [-0.39, 0.29) is 10.6 Å². The molecule has 0 fully saturated rings. The lowest BCUT2D eigenvalue weighted by molar-refractivity contribution is -0.384. The van der Waals surface area contributed by atoms with Crippen molar-refractivity contribution in [2.24, 2.45) is 0 Å². The van der Waals surface area contributed by atoms with Crippen LogP contribution in [0, 0.1) is 10.1 Å². The van der Waals surface area contributed by atoms with Gasteiger partial charge in [0.1, 0.15) is 5.75 Å². The van der Waals surface area contributed by atoms with E-state index >= 15 is 0 Å². The van der Waals surface area contributed by atoms with E-state index < -0.39 is 0 Å². The van der Waals surface area contributed by atoms with Gasteiger partial charge >= 0.3 is 0 Å². The second-order valence-corrected chi connectivity index (χ2v) is 4.76. The van der Waals surface area contributed by atoms with E-state index in [4.69, 9.17) is 4.74 Å². The highest BCUT2D eigenvalue weighted by atomic mass is 16.6. The Morgan fingerprint density at radius 3 is 2.57 bits per heavy atom. The molecule has 21 heavy (non-hydrogen) atoms. The van der Waals surface area contributed by atoms with E-state index in [2.05, 4.69) is 4.57 Å². The minimum Gasteiger partial charge on any atom is -0.496 e. The van der Waals surface area contributed by atoms with Crippen molar-refractivity contribution >= 4 is 16.6 Å². The first kappa shape index (κ1) is 13.2. The van der Waals surface area contributed by atoms with Crippen LogP contribution in [-0.4, -0.2) is 16.6 Å². The Balaban J connectivity index is 1.93. The molecule has 0 aliphatic heterocycles. The van der Waals surface area contributed by atoms with Crippen molar-refractivity contribution in [1.29, 1.82) is 0 Å². The first-order chi connectivity index (χ1) is 10.2. The van der Waals surface area contributed by atoms with E-state index in [1.807, 2.05) is 30.5 Å². The number of rotatable bonds is 4. The number of fused-ring (bicyclic) bond motifs is 1. The van der Waals surface area contributed by atoms with Gasteiger partial charge in [0.15, 0.2) is 0 Å². The lowest BCUT2D eigenvalue weighted by Gasteiger charge is -2.07. The van der Waals surface area contributed by atoms with Gasteiger partial charge in [-0.05, 0) is 23.8 Å². The monoisotopic (exact) mass is 282 g/mol. The summed E-state index contributed by atoms with van der Waals surface area (Å²) in [5.41, 5.74) is 2.20. The third-order valence-corrected chi connectivity index (χ3v) is 3.49. The van der Waals surface area contributed by atoms with Gasteiger partial charge in [0.05, 0.1) is 17.5 Å². The van der Waals surface area contributed by atoms with Gasteiger partial charge < -0.3 is 9.30 Å². The van der Waals surface area contributed by atoms with Gasteiger partial charge in [-0.1, -0.05) is 18.2 Å². The van der Waals surface area contributed by atoms with Crippen LogP contribution >= 0.6 is 0 Å². The summed E-state index contributed by atoms with van der Waals surface area (Å²) in [7, 11) is 1.66. The predicted octanol–water partition coefficient (Wildman–Crippen LogP) is 3.61. The summed E-state index contributed by atoms with van der Waals surface area (Å²) < 4.78 is 7.44. The van der Waals surface area contributed by atoms with Gasteiger partial charge in [-0.2, -0.15) is 0 Å². The average Bonchev–Trinajstić information content (AvgIpc) is 2.91. The number of nitro benzene ring substituents is 1. The molecule has 0 radical (unpaired) electrons. The Kier molecular flexibility index (Phi) is 3.31. The smallest absolute Gasteiger partial charge is 0.269 e. The van der Waals surface area contributed by atoms with Gasteiger partial charge in [0, 0.05) is 30.3 Å². The second-order valence-electron chi connectivity index (χ2n) is 4.76. The maximum Gasteiger partial charge on any atom is 0.269 e. The number of ether oxygens (including phenoxy) is 1. The molecule has 0 saturated heterocycles. The Labute approximate surface area is 121 Å². The third kappa shape index (κ3) is 2.45. The molecule has 5 nitrogen and oxygen atoms in total. The standard InChI is InChI=1S/C16H14N2O3/c1-21-16-4-2-3-15-14(16)9-10-17(15)11-12-5-7-13(8-6-12)18(19)20/h2-10H,11H2,1H3. The third-order valence-electron chi connectivity index (χ3n) is 3.49. The maximum absolute atomic E-state index is 10.7. The minimum atomic E-state index is -0.389. The molecule has 1 aromatic heterocycles. The van der Waals surface area contributed by atoms with Crippen LogP contribution in [0.5, 0.6) is 5.75 Å². The average molecular weight is 282 g/mol. The molecule has 0 saturated carbocycles. The normalized spacial score (nSPS) is 10.7. The molecule has 1 heterocycles. The summed E-state index contributed by atoms with van der Waals surface area (Å²) in [5.74, 6) is 0.843. The molecule has 0 N–H and O–H groups in total. The number of benzene rings is 2. The van der Waals surface area contributed by atoms with Crippen LogP contribution in [0.4, 0.5) is 5.69 Å². The molecule has 3 aromatic rings. The molecule has 0 aliphatic rings. The van der Waals surface area contributed by atoms with Crippen LogP contribution in [0.3, 0.4) is 0 Å². The zero-order valence-electron chi connectivity index (χ0n) is 11.5. The van der Waals surface area contributed by atoms with Crippen LogP contribution in [-0.2, 0) is 6.54 Å². The van der Waals surface area contributed by atoms with Crippen molar-refractivity contribution in [2.75, 3.05) is 7.11 Å². The van der Waals surface area contributed by atoms with Gasteiger partial charge in [0.2, 0.25) is 0 Å². The van der Waals surface area contributed by atoms with Crippen molar-refractivity contribution in [2.45, 2.75) is 6.54 Å². The van der Waals surface area contributed by atoms with Crippen LogP contribution in [0.2, 0.25) is 0 Å². The summed E-state index contributed by atoms with van der Waals surface area (Å²) in [6.45, 7) is 0.661. The van der Waals surface area contributed by atoms with E-state index in [1.165, 1.54) is 12.1 Å². The topological polar surface area (TPSA) is 57.3 Å². The maximum atomic E-state index is 10.7. The lowest BCUT2D eigenvalue weighted by Crippen LogP contribution is -1.98. The quantitative estimate of drug-likeness (QED) is 0.542. The Bertz CT molecular complexity index is 791. The van der Waals surface area contributed by atoms with E-state index in [1.54, 1.807) is 19.2 Å². The van der Waals surface area contributed by atoms with Crippen LogP contribution < -0.4 is 4.74 Å². The van der Waals surface area contributed by atoms with Crippen LogP contribution in [0.25, 0.3) is 10.9 Å². The molecule has 0 atom stereocenters. The number of nitrogens with zero attached hydrogens (tertiary/aromatic N) is 2. The first-order valence-electron chi connectivity index (χ1n) is 6.54. The molecule has 0 bridgehead atoms.